The van der Waals surface area contributed by atoms with Crippen LogP contribution in [0, 0.1) is 11.8 Å². The summed E-state index contributed by atoms with van der Waals surface area (Å²) < 4.78 is 28.5. The van der Waals surface area contributed by atoms with Gasteiger partial charge in [-0.1, -0.05) is 26.0 Å². The van der Waals surface area contributed by atoms with Gasteiger partial charge in [-0.05, 0) is 25.7 Å². The van der Waals surface area contributed by atoms with Crippen molar-refractivity contribution in [3.8, 4) is 0 Å². The molecule has 1 saturated carbocycles. The van der Waals surface area contributed by atoms with E-state index in [4.69, 9.17) is 23.7 Å². The number of carbonyl (C=O) groups is 1. The van der Waals surface area contributed by atoms with Crippen molar-refractivity contribution in [2.24, 2.45) is 11.8 Å². The van der Waals surface area contributed by atoms with E-state index in [1.165, 1.54) is 0 Å². The van der Waals surface area contributed by atoms with Crippen molar-refractivity contribution in [2.45, 2.75) is 63.1 Å². The number of nitrogens with one attached hydrogen (secondary N) is 1. The molecule has 3 aliphatic rings. The van der Waals surface area contributed by atoms with Gasteiger partial charge in [0.2, 0.25) is 0 Å². The highest BCUT2D eigenvalue weighted by Gasteiger charge is 2.72. The first-order valence-corrected chi connectivity index (χ1v) is 9.82. The third-order valence-electron chi connectivity index (χ3n) is 5.91. The molecule has 7 nitrogen and oxygen atoms in total. The number of hydrogen-bond donors (Lipinski definition) is 1. The minimum Gasteiger partial charge on any atom is -0.443 e. The lowest BCUT2D eigenvalue weighted by Crippen LogP contribution is -2.56. The predicted molar refractivity (Wildman–Crippen MR) is 99.6 cm³/mol. The zero-order chi connectivity index (χ0) is 19.7. The van der Waals surface area contributed by atoms with Crippen molar-refractivity contribution in [1.29, 1.82) is 0 Å². The van der Waals surface area contributed by atoms with Gasteiger partial charge in [-0.3, -0.25) is 0 Å². The molecule has 1 aliphatic carbocycles. The molecular formula is C20H33NO6. The Kier molecular flexibility index (Phi) is 6.15. The van der Waals surface area contributed by atoms with Crippen LogP contribution in [0.2, 0.25) is 0 Å². The quantitative estimate of drug-likeness (QED) is 0.393. The van der Waals surface area contributed by atoms with Crippen molar-refractivity contribution >= 4 is 6.09 Å². The van der Waals surface area contributed by atoms with Gasteiger partial charge in [0.05, 0.1) is 19.1 Å². The first-order valence-electron chi connectivity index (χ1n) is 9.82. The Balaban J connectivity index is 1.69. The van der Waals surface area contributed by atoms with Crippen molar-refractivity contribution < 1.29 is 28.5 Å². The number of hydrogen-bond acceptors (Lipinski definition) is 6. The number of allylic oxidation sites excluding steroid dienone is 1. The Morgan fingerprint density at radius 2 is 2.11 bits per heavy atom. The topological polar surface area (TPSA) is 81.9 Å². The smallest absolute Gasteiger partial charge is 0.407 e. The zero-order valence-electron chi connectivity index (χ0n) is 17.0. The van der Waals surface area contributed by atoms with Crippen LogP contribution in [0.25, 0.3) is 0 Å². The van der Waals surface area contributed by atoms with Crippen molar-refractivity contribution in [3.05, 3.63) is 12.2 Å². The summed E-state index contributed by atoms with van der Waals surface area (Å²) in [4.78, 5) is 12.1. The Labute approximate surface area is 161 Å². The van der Waals surface area contributed by atoms with E-state index in [1.54, 1.807) is 14.2 Å². The normalized spacial score (nSPS) is 40.5. The average Bonchev–Trinajstić information content (AvgIpc) is 3.53. The molecule has 3 fully saturated rings. The fourth-order valence-electron chi connectivity index (χ4n) is 4.38. The Morgan fingerprint density at radius 1 is 1.37 bits per heavy atom. The average molecular weight is 383 g/mol. The highest BCUT2D eigenvalue weighted by Crippen LogP contribution is 2.59. The standard InChI is InChI=1S/C20H33NO6/c1-13(2)6-7-15-19(3,27-15)17-16(24-5)14(8-9-20(17)12-25-20)26-18(22)21-10-11-23-4/h6-7,13-17H,8-12H2,1-5H3,(H,21,22)/t14-,15-,16-,17?,19?,20+/m1/s1. The molecule has 6 atom stereocenters. The number of ether oxygens (including phenoxy) is 5. The van der Waals surface area contributed by atoms with Crippen molar-refractivity contribution in [1.82, 2.24) is 5.32 Å². The summed E-state index contributed by atoms with van der Waals surface area (Å²) in [7, 11) is 3.26. The second-order valence-corrected chi connectivity index (χ2v) is 8.28. The molecule has 0 bridgehead atoms. The minimum atomic E-state index is -0.441. The molecule has 154 valence electrons. The molecule has 0 aromatic heterocycles. The van der Waals surface area contributed by atoms with Crippen LogP contribution in [0.5, 0.6) is 0 Å². The maximum absolute atomic E-state index is 12.1. The van der Waals surface area contributed by atoms with E-state index < -0.39 is 6.09 Å². The summed E-state index contributed by atoms with van der Waals surface area (Å²) in [6, 6.07) is 0. The summed E-state index contributed by atoms with van der Waals surface area (Å²) >= 11 is 0. The molecular weight excluding hydrogens is 350 g/mol. The van der Waals surface area contributed by atoms with E-state index in [-0.39, 0.29) is 35.4 Å². The molecule has 1 N–H and O–H groups in total. The van der Waals surface area contributed by atoms with Crippen LogP contribution < -0.4 is 5.32 Å². The van der Waals surface area contributed by atoms with Crippen LogP contribution in [0.3, 0.4) is 0 Å². The summed E-state index contributed by atoms with van der Waals surface area (Å²) in [5.74, 6) is 0.489. The molecule has 0 aromatic carbocycles. The molecule has 2 unspecified atom stereocenters. The first kappa shape index (κ1) is 20.6. The molecule has 0 radical (unpaired) electrons. The number of carbonyl (C=O) groups excluding carboxylic acids is 1. The van der Waals surface area contributed by atoms with Crippen LogP contribution in [-0.2, 0) is 23.7 Å². The van der Waals surface area contributed by atoms with Gasteiger partial charge in [0.15, 0.2) is 0 Å². The SMILES string of the molecule is COCCNC(=O)O[C@@H]1CC[C@]2(CO2)C(C2(C)O[C@@H]2C=CC(C)C)[C@@H]1OC. The van der Waals surface area contributed by atoms with Gasteiger partial charge in [0.25, 0.3) is 0 Å². The van der Waals surface area contributed by atoms with Crippen LogP contribution in [0.1, 0.15) is 33.6 Å². The molecule has 1 spiro atoms. The molecule has 2 heterocycles. The maximum atomic E-state index is 12.1. The highest BCUT2D eigenvalue weighted by molar-refractivity contribution is 5.67. The van der Waals surface area contributed by atoms with E-state index in [2.05, 4.69) is 38.2 Å². The van der Waals surface area contributed by atoms with Crippen LogP contribution in [-0.4, -0.2) is 69.6 Å². The monoisotopic (exact) mass is 383 g/mol. The zero-order valence-corrected chi connectivity index (χ0v) is 17.0. The van der Waals surface area contributed by atoms with Gasteiger partial charge in [-0.2, -0.15) is 0 Å². The van der Waals surface area contributed by atoms with Gasteiger partial charge in [-0.15, -0.1) is 0 Å². The fraction of sp³-hybridized carbons (Fsp3) is 0.850. The lowest BCUT2D eigenvalue weighted by Gasteiger charge is -2.42. The Bertz CT molecular complexity index is 561. The molecule has 27 heavy (non-hydrogen) atoms. The van der Waals surface area contributed by atoms with E-state index in [9.17, 15) is 4.79 Å². The van der Waals surface area contributed by atoms with Crippen LogP contribution in [0.15, 0.2) is 12.2 Å². The summed E-state index contributed by atoms with van der Waals surface area (Å²) in [5, 5.41) is 2.71. The van der Waals surface area contributed by atoms with Gasteiger partial charge in [-0.25, -0.2) is 4.79 Å². The summed E-state index contributed by atoms with van der Waals surface area (Å²) in [6.45, 7) is 7.98. The Hall–Kier alpha value is -1.15. The third-order valence-corrected chi connectivity index (χ3v) is 5.91. The van der Waals surface area contributed by atoms with Gasteiger partial charge >= 0.3 is 6.09 Å². The maximum Gasteiger partial charge on any atom is 0.407 e. The largest absolute Gasteiger partial charge is 0.443 e. The van der Waals surface area contributed by atoms with E-state index in [0.717, 1.165) is 12.8 Å². The van der Waals surface area contributed by atoms with E-state index in [0.29, 0.717) is 25.7 Å². The third kappa shape index (κ3) is 4.31. The number of epoxide rings is 2. The van der Waals surface area contributed by atoms with Gasteiger partial charge < -0.3 is 29.0 Å². The Morgan fingerprint density at radius 3 is 2.70 bits per heavy atom. The second kappa shape index (κ2) is 8.07. The number of methoxy groups -OCH3 is 2. The minimum absolute atomic E-state index is 0.0161. The lowest BCUT2D eigenvalue weighted by molar-refractivity contribution is -0.118. The van der Waals surface area contributed by atoms with Gasteiger partial charge in [0.1, 0.15) is 29.5 Å². The molecule has 1 amide bonds. The molecule has 7 heteroatoms. The first-order chi connectivity index (χ1) is 12.9. The van der Waals surface area contributed by atoms with Crippen LogP contribution in [0.4, 0.5) is 4.79 Å². The van der Waals surface area contributed by atoms with E-state index in [1.807, 2.05) is 0 Å². The summed E-state index contributed by atoms with van der Waals surface area (Å²) in [6.07, 6.45) is 4.86. The predicted octanol–water partition coefficient (Wildman–Crippen LogP) is 2.29. The van der Waals surface area contributed by atoms with Crippen molar-refractivity contribution in [3.63, 3.8) is 0 Å². The summed E-state index contributed by atoms with van der Waals surface area (Å²) in [5.41, 5.74) is -0.584. The number of alkyl carbamates (subject to hydrolysis) is 1. The van der Waals surface area contributed by atoms with E-state index >= 15 is 0 Å². The van der Waals surface area contributed by atoms with Crippen LogP contribution >= 0.6 is 0 Å². The molecule has 0 aromatic rings. The molecule has 2 aliphatic heterocycles. The van der Waals surface area contributed by atoms with Crippen molar-refractivity contribution in [2.75, 3.05) is 34.0 Å². The molecule has 3 rings (SSSR count). The lowest BCUT2D eigenvalue weighted by atomic mass is 9.68. The molecule has 2 saturated heterocycles. The number of rotatable bonds is 8. The fourth-order valence-corrected chi connectivity index (χ4v) is 4.38. The highest BCUT2D eigenvalue weighted by atomic mass is 16.6. The van der Waals surface area contributed by atoms with Gasteiger partial charge in [0, 0.05) is 20.8 Å². The number of amides is 1. The second-order valence-electron chi connectivity index (χ2n) is 8.28.